The number of β-lactam (4-membered cyclic amide) rings is 2. The van der Waals surface area contributed by atoms with Crippen LogP contribution in [0.25, 0.3) is 0 Å². The van der Waals surface area contributed by atoms with Gasteiger partial charge in [0, 0.05) is 56.7 Å². The van der Waals surface area contributed by atoms with E-state index >= 15 is 0 Å². The lowest BCUT2D eigenvalue weighted by Crippen LogP contribution is -2.71. The number of carboxylic acids is 2. The number of nitrogens with zero attached hydrogens (tertiary/aromatic N) is 11. The number of nitrogens with one attached hydrogen (secondary N) is 4. The molecule has 0 bridgehead atoms. The van der Waals surface area contributed by atoms with Crippen molar-refractivity contribution >= 4 is 94.6 Å². The van der Waals surface area contributed by atoms with E-state index in [1.165, 1.54) is 80.7 Å². The van der Waals surface area contributed by atoms with E-state index in [0.29, 0.717) is 21.5 Å². The largest absolute Gasteiger partial charge is 0.508 e. The Morgan fingerprint density at radius 1 is 0.815 bits per heavy atom. The van der Waals surface area contributed by atoms with Gasteiger partial charge in [0.1, 0.15) is 46.0 Å². The number of carbonyl (C=O) groups is 8. The van der Waals surface area contributed by atoms with Gasteiger partial charge >= 0.3 is 29.8 Å². The van der Waals surface area contributed by atoms with Crippen molar-refractivity contribution in [1.29, 1.82) is 0 Å². The maximum atomic E-state index is 13.8. The Balaban J connectivity index is 0.923. The SMILES string of the molecule is CCN(CCNC(=O)NC(C(=O)NC1C(=O)N2C(C(=O)O)=C(CSc3nnnn3C)CSC12)c1ccc(O)cc1)C(=O)C(=O)NC1C(=O)N2C(C(=O)O)=C(CSc3nnnn3C)CSC12. The van der Waals surface area contributed by atoms with Crippen LogP contribution in [0.3, 0.4) is 0 Å². The number of phenols is 1. The molecule has 26 nitrogen and oxygen atoms in total. The van der Waals surface area contributed by atoms with Crippen LogP contribution in [0.2, 0.25) is 0 Å². The van der Waals surface area contributed by atoms with Gasteiger partial charge in [-0.05, 0) is 56.6 Å². The van der Waals surface area contributed by atoms with Crippen molar-refractivity contribution in [2.24, 2.45) is 14.1 Å². The highest BCUT2D eigenvalue weighted by Crippen LogP contribution is 2.43. The number of phenolic OH excluding ortho intramolecular Hbond substituents is 1. The number of aliphatic carboxylic acids is 2. The maximum absolute atomic E-state index is 13.8. The molecule has 344 valence electrons. The molecule has 0 radical (unpaired) electrons. The Bertz CT molecular complexity index is 2500. The number of rotatable bonds is 17. The molecule has 5 atom stereocenters. The van der Waals surface area contributed by atoms with Gasteiger partial charge in [0.25, 0.3) is 11.8 Å². The molecule has 1 aromatic carbocycles. The van der Waals surface area contributed by atoms with Crippen LogP contribution >= 0.6 is 47.0 Å². The molecule has 2 saturated heterocycles. The molecule has 2 aromatic heterocycles. The summed E-state index contributed by atoms with van der Waals surface area (Å²) >= 11 is 4.88. The zero-order valence-electron chi connectivity index (χ0n) is 34.3. The van der Waals surface area contributed by atoms with Crippen molar-refractivity contribution in [2.45, 2.75) is 46.1 Å². The van der Waals surface area contributed by atoms with E-state index in [1.807, 2.05) is 0 Å². The number of thioether (sulfide) groups is 4. The zero-order valence-corrected chi connectivity index (χ0v) is 37.6. The number of benzene rings is 1. The van der Waals surface area contributed by atoms with Crippen molar-refractivity contribution in [3.05, 3.63) is 52.4 Å². The quantitative estimate of drug-likeness (QED) is 0.0424. The Morgan fingerprint density at radius 3 is 1.78 bits per heavy atom. The van der Waals surface area contributed by atoms with E-state index in [1.54, 1.807) is 21.0 Å². The Morgan fingerprint density at radius 2 is 1.32 bits per heavy atom. The van der Waals surface area contributed by atoms with Crippen LogP contribution < -0.4 is 21.3 Å². The molecule has 30 heteroatoms. The fourth-order valence-corrected chi connectivity index (χ4v) is 11.7. The molecule has 3 aromatic rings. The van der Waals surface area contributed by atoms with E-state index in [0.717, 1.165) is 14.7 Å². The molecule has 4 aliphatic rings. The van der Waals surface area contributed by atoms with Crippen molar-refractivity contribution in [3.63, 3.8) is 0 Å². The molecule has 7 rings (SSSR count). The lowest BCUT2D eigenvalue weighted by atomic mass is 10.0. The van der Waals surface area contributed by atoms with Gasteiger partial charge in [-0.15, -0.1) is 33.7 Å². The summed E-state index contributed by atoms with van der Waals surface area (Å²) in [4.78, 5) is 108. The third kappa shape index (κ3) is 9.68. The van der Waals surface area contributed by atoms with Crippen LogP contribution in [-0.4, -0.2) is 183 Å². The highest BCUT2D eigenvalue weighted by Gasteiger charge is 2.56. The monoisotopic (exact) mass is 973 g/mol. The van der Waals surface area contributed by atoms with E-state index in [9.17, 15) is 53.7 Å². The number of carbonyl (C=O) groups excluding carboxylic acids is 6. The lowest BCUT2D eigenvalue weighted by molar-refractivity contribution is -0.153. The number of likely N-dealkylation sites (N-methyl/N-ethyl adjacent to an activating group) is 1. The van der Waals surface area contributed by atoms with Crippen LogP contribution in [0, 0.1) is 0 Å². The smallest absolute Gasteiger partial charge is 0.352 e. The first kappa shape index (κ1) is 46.6. The lowest BCUT2D eigenvalue weighted by Gasteiger charge is -2.49. The normalized spacial score (nSPS) is 20.5. The average molecular weight is 974 g/mol. The first-order chi connectivity index (χ1) is 31.1. The third-order valence-corrected chi connectivity index (χ3v) is 15.2. The summed E-state index contributed by atoms with van der Waals surface area (Å²) in [7, 11) is 3.26. The van der Waals surface area contributed by atoms with E-state index < -0.39 is 76.4 Å². The number of urea groups is 1. The standard InChI is InChI=1S/C35H39N15O11S4/c1-4-48(28(56)25(53)38-21-27(55)50-23(32(59)60)17(12-63-30(21)50)14-65-35-41-43-45-47(35)3)10-9-36-33(61)39-19(15-5-7-18(51)8-6-15)24(52)37-20-26(54)49-22(31(57)58)16(11-62-29(20)49)13-64-34-40-42-44-46(34)2/h5-8,19-21,29-30,51H,4,9-14H2,1-3H3,(H,37,52)(H,38,53)(H,57,58)(H,59,60)(H2,36,39,61). The molecule has 4 aliphatic heterocycles. The van der Waals surface area contributed by atoms with E-state index in [4.69, 9.17) is 0 Å². The highest BCUT2D eigenvalue weighted by atomic mass is 32.2. The predicted octanol–water partition coefficient (Wildman–Crippen LogP) is -2.31. The molecular weight excluding hydrogens is 935 g/mol. The van der Waals surface area contributed by atoms with Gasteiger partial charge in [0.05, 0.1) is 0 Å². The number of amides is 7. The number of carboxylic acid groups (broad SMARTS) is 2. The summed E-state index contributed by atoms with van der Waals surface area (Å²) in [6, 6.07) is 0.751. The fraction of sp³-hybridized carbons (Fsp3) is 0.429. The molecule has 0 spiro atoms. The second kappa shape index (κ2) is 19.8. The Kier molecular flexibility index (Phi) is 14.2. The van der Waals surface area contributed by atoms with Crippen molar-refractivity contribution in [2.75, 3.05) is 42.6 Å². The Hall–Kier alpha value is -6.40. The number of aryl methyl sites for hydroxylation is 2. The van der Waals surface area contributed by atoms with Crippen LogP contribution in [0.1, 0.15) is 18.5 Å². The van der Waals surface area contributed by atoms with Gasteiger partial charge in [0.15, 0.2) is 0 Å². The molecule has 0 saturated carbocycles. The van der Waals surface area contributed by atoms with Gasteiger partial charge in [-0.25, -0.2) is 23.7 Å². The minimum Gasteiger partial charge on any atom is -0.508 e. The zero-order chi connectivity index (χ0) is 46.7. The maximum Gasteiger partial charge on any atom is 0.352 e. The first-order valence-electron chi connectivity index (χ1n) is 19.3. The van der Waals surface area contributed by atoms with Crippen molar-refractivity contribution in [3.8, 4) is 5.75 Å². The molecule has 7 N–H and O–H groups in total. The van der Waals surface area contributed by atoms with Crippen LogP contribution in [0.5, 0.6) is 5.75 Å². The minimum absolute atomic E-state index is 0.0226. The van der Waals surface area contributed by atoms with Gasteiger partial charge in [0.2, 0.25) is 16.2 Å². The molecule has 5 unspecified atom stereocenters. The Labute approximate surface area is 384 Å². The van der Waals surface area contributed by atoms with Crippen molar-refractivity contribution in [1.82, 2.24) is 76.4 Å². The van der Waals surface area contributed by atoms with E-state index in [-0.39, 0.29) is 65.4 Å². The number of aromatic nitrogens is 8. The summed E-state index contributed by atoms with van der Waals surface area (Å²) < 4.78 is 2.85. The topological polar surface area (TPSA) is 342 Å². The molecule has 7 amide bonds. The van der Waals surface area contributed by atoms with Crippen LogP contribution in [0.4, 0.5) is 4.79 Å². The number of fused-ring (bicyclic) bond motifs is 2. The second-order valence-corrected chi connectivity index (χ2v) is 18.4. The van der Waals surface area contributed by atoms with E-state index in [2.05, 4.69) is 52.3 Å². The molecular formula is C35H39N15O11S4. The minimum atomic E-state index is -1.42. The number of hydrogen-bond acceptors (Lipinski definition) is 19. The summed E-state index contributed by atoms with van der Waals surface area (Å²) in [5, 5.41) is 61.8. The summed E-state index contributed by atoms with van der Waals surface area (Å²) in [6.07, 6.45) is 0. The third-order valence-electron chi connectivity index (χ3n) is 10.3. The predicted molar refractivity (Wildman–Crippen MR) is 228 cm³/mol. The molecule has 2 fully saturated rings. The number of tetrazole rings is 2. The molecule has 0 aliphatic carbocycles. The molecule has 65 heavy (non-hydrogen) atoms. The van der Waals surface area contributed by atoms with Crippen LogP contribution in [0.15, 0.2) is 57.1 Å². The number of hydrogen-bond donors (Lipinski definition) is 7. The van der Waals surface area contributed by atoms with Crippen LogP contribution in [-0.2, 0) is 47.7 Å². The van der Waals surface area contributed by atoms with Gasteiger partial charge in [-0.3, -0.25) is 33.8 Å². The van der Waals surface area contributed by atoms with Gasteiger partial charge in [-0.1, -0.05) is 35.7 Å². The summed E-state index contributed by atoms with van der Waals surface area (Å²) in [6.45, 7) is 1.23. The fourth-order valence-electron chi connectivity index (χ4n) is 7.02. The average Bonchev–Trinajstić information content (AvgIpc) is 3.91. The van der Waals surface area contributed by atoms with Crippen molar-refractivity contribution < 1.29 is 53.7 Å². The van der Waals surface area contributed by atoms with Gasteiger partial charge in [-0.2, -0.15) is 0 Å². The highest BCUT2D eigenvalue weighted by molar-refractivity contribution is 8.01. The second-order valence-electron chi connectivity index (χ2n) is 14.3. The number of aromatic hydroxyl groups is 1. The summed E-state index contributed by atoms with van der Waals surface area (Å²) in [5.41, 5.74) is 0.735. The van der Waals surface area contributed by atoms with Gasteiger partial charge < -0.3 is 41.5 Å². The molecule has 6 heterocycles. The summed E-state index contributed by atoms with van der Waals surface area (Å²) in [5.74, 6) is -6.24. The first-order valence-corrected chi connectivity index (χ1v) is 23.4.